The Labute approximate surface area is 84.4 Å². The van der Waals surface area contributed by atoms with Crippen molar-refractivity contribution in [2.24, 2.45) is 0 Å². The van der Waals surface area contributed by atoms with Crippen molar-refractivity contribution in [3.63, 3.8) is 0 Å². The summed E-state index contributed by atoms with van der Waals surface area (Å²) in [5, 5.41) is 12.0. The largest absolute Gasteiger partial charge is 0 e. The van der Waals surface area contributed by atoms with Crippen molar-refractivity contribution in [2.45, 2.75) is 41.9 Å². The van der Waals surface area contributed by atoms with E-state index in [1.54, 1.807) is 0 Å². The number of rotatable bonds is 4. The van der Waals surface area contributed by atoms with E-state index < -0.39 is 16.0 Å². The molecule has 1 unspecified atom stereocenters. The van der Waals surface area contributed by atoms with Gasteiger partial charge in [0.15, 0.2) is 0 Å². The summed E-state index contributed by atoms with van der Waals surface area (Å²) < 4.78 is 0.139. The molecule has 0 radical (unpaired) electrons. The molecule has 10 heavy (non-hydrogen) atoms. The van der Waals surface area contributed by atoms with Crippen LogP contribution in [-0.4, -0.2) is 9.80 Å². The summed E-state index contributed by atoms with van der Waals surface area (Å²) in [7, 11) is 0. The fourth-order valence-electron chi connectivity index (χ4n) is 1.43. The van der Waals surface area contributed by atoms with Crippen LogP contribution in [0.5, 0.6) is 0 Å². The quantitative estimate of drug-likeness (QED) is 0.734. The van der Waals surface area contributed by atoms with Crippen LogP contribution in [0.1, 0.15) is 27.2 Å². The molecule has 0 aliphatic carbocycles. The minimum absolute atomic E-state index is 0. The fourth-order valence-corrected chi connectivity index (χ4v) is 7.42. The molecule has 0 saturated heterocycles. The van der Waals surface area contributed by atoms with Crippen LogP contribution in [0, 0.1) is 0 Å². The standard InChI is InChI=1S/C3H7O.2C2H5.Ti.Zn/c1-2-3-4;2*1-2;;/h3-4H,2H2,1H3;2*1H2,2H3;;. The zero-order valence-corrected chi connectivity index (χ0v) is 11.9. The van der Waals surface area contributed by atoms with Gasteiger partial charge < -0.3 is 0 Å². The normalized spacial score (nSPS) is 12.0. The molecule has 0 aliphatic heterocycles. The Bertz CT molecular complexity index is 66.6. The first-order chi connectivity index (χ1) is 4.26. The molecule has 0 fully saturated rings. The Balaban J connectivity index is 0. The van der Waals surface area contributed by atoms with E-state index in [0.29, 0.717) is 0 Å². The summed E-state index contributed by atoms with van der Waals surface area (Å²) in [6, 6.07) is 0. The van der Waals surface area contributed by atoms with E-state index in [2.05, 4.69) is 20.8 Å². The van der Waals surface area contributed by atoms with Crippen molar-refractivity contribution in [1.29, 1.82) is 0 Å². The van der Waals surface area contributed by atoms with E-state index >= 15 is 0 Å². The van der Waals surface area contributed by atoms with Gasteiger partial charge in [0, 0.05) is 21.7 Å². The van der Waals surface area contributed by atoms with E-state index in [0.717, 1.165) is 6.42 Å². The van der Waals surface area contributed by atoms with E-state index in [-0.39, 0.29) is 26.4 Å². The summed E-state index contributed by atoms with van der Waals surface area (Å²) in [4.78, 5) is 0. The van der Waals surface area contributed by atoms with Gasteiger partial charge in [0.25, 0.3) is 0 Å². The van der Waals surface area contributed by atoms with Crippen molar-refractivity contribution in [3.05, 3.63) is 0 Å². The van der Waals surface area contributed by atoms with Gasteiger partial charge in [0.1, 0.15) is 0 Å². The first-order valence-electron chi connectivity index (χ1n) is 4.20. The van der Waals surface area contributed by atoms with Gasteiger partial charge in [-0.3, -0.25) is 0 Å². The van der Waals surface area contributed by atoms with Crippen LogP contribution in [0.15, 0.2) is 0 Å². The van der Waals surface area contributed by atoms with Gasteiger partial charge in [0.05, 0.1) is 0 Å². The number of hydrogen-bond donors (Lipinski definition) is 1. The van der Waals surface area contributed by atoms with Crippen LogP contribution in [0.2, 0.25) is 10.0 Å². The predicted octanol–water partition coefficient (Wildman–Crippen LogP) is 2.21. The molecule has 0 saturated carbocycles. The Hall–Kier alpha value is 1.30. The summed E-state index contributed by atoms with van der Waals surface area (Å²) in [6.45, 7) is 6.53. The Kier molecular flexibility index (Phi) is 11.6. The van der Waals surface area contributed by atoms with Gasteiger partial charge in [-0.25, -0.2) is 0 Å². The zero-order valence-electron chi connectivity index (χ0n) is 7.35. The monoisotopic (exact) mass is 229 g/mol. The zero-order chi connectivity index (χ0) is 7.28. The average Bonchev–Trinajstić information content (AvgIpc) is 1.90. The molecule has 0 aromatic rings. The minimum atomic E-state index is -1.36. The smallest absolute Gasteiger partial charge is 0 e. The van der Waals surface area contributed by atoms with Crippen molar-refractivity contribution < 1.29 is 42.8 Å². The number of aliphatic hydroxyl groups excluding tert-OH is 1. The molecule has 1 atom stereocenters. The number of aliphatic hydroxyl groups is 1. The third-order valence-electron chi connectivity index (χ3n) is 2.42. The average molecular weight is 230 g/mol. The molecule has 1 nitrogen and oxygen atoms in total. The van der Waals surface area contributed by atoms with Gasteiger partial charge in [-0.15, -0.1) is 0 Å². The third-order valence-corrected chi connectivity index (χ3v) is 11.8. The Morgan fingerprint density at radius 3 is 1.70 bits per heavy atom. The van der Waals surface area contributed by atoms with Crippen LogP contribution in [0.3, 0.4) is 0 Å². The van der Waals surface area contributed by atoms with Gasteiger partial charge in [-0.2, -0.15) is 0 Å². The maximum atomic E-state index is 9.41. The molecule has 0 spiro atoms. The molecule has 0 bridgehead atoms. The molecule has 0 rings (SSSR count). The summed E-state index contributed by atoms with van der Waals surface area (Å²) >= 11 is -1.36. The summed E-state index contributed by atoms with van der Waals surface area (Å²) in [6.07, 6.45) is 0.988. The maximum absolute atomic E-state index is 9.41. The molecule has 3 heteroatoms. The van der Waals surface area contributed by atoms with Gasteiger partial charge in [-0.05, 0) is 0 Å². The van der Waals surface area contributed by atoms with Crippen LogP contribution in [-0.2, 0) is 37.7 Å². The van der Waals surface area contributed by atoms with E-state index in [1.807, 2.05) is 0 Å². The van der Waals surface area contributed by atoms with Crippen LogP contribution >= 0.6 is 0 Å². The Morgan fingerprint density at radius 1 is 1.20 bits per heavy atom. The molecule has 0 heterocycles. The van der Waals surface area contributed by atoms with Gasteiger partial charge in [-0.1, -0.05) is 0 Å². The second kappa shape index (κ2) is 8.39. The van der Waals surface area contributed by atoms with Crippen LogP contribution < -0.4 is 0 Å². The SMILES string of the molecule is CC[CH](O)[Zn]([CH2]C)[CH2]C.[Ti]. The van der Waals surface area contributed by atoms with Gasteiger partial charge in [0.2, 0.25) is 0 Å². The molecular formula is C7H17OTiZn. The molecule has 57 valence electrons. The fraction of sp³-hybridized carbons (Fsp3) is 1.00. The molecule has 0 amide bonds. The second-order valence-electron chi connectivity index (χ2n) is 2.99. The van der Waals surface area contributed by atoms with Crippen molar-refractivity contribution in [2.75, 3.05) is 0 Å². The molecule has 0 aliphatic rings. The minimum Gasteiger partial charge on any atom is 0 e. The first-order valence-corrected chi connectivity index (χ1v) is 10.1. The molecule has 0 aromatic heterocycles. The van der Waals surface area contributed by atoms with E-state index in [9.17, 15) is 5.11 Å². The Morgan fingerprint density at radius 2 is 1.60 bits per heavy atom. The summed E-state index contributed by atoms with van der Waals surface area (Å²) in [5.74, 6) is 0. The first kappa shape index (κ1) is 13.9. The topological polar surface area (TPSA) is 20.2 Å². The molecular weight excluding hydrogens is 213 g/mol. The van der Waals surface area contributed by atoms with Crippen molar-refractivity contribution in [1.82, 2.24) is 0 Å². The van der Waals surface area contributed by atoms with Crippen molar-refractivity contribution >= 4 is 0 Å². The third kappa shape index (κ3) is 5.02. The van der Waals surface area contributed by atoms with Crippen LogP contribution in [0.4, 0.5) is 0 Å². The molecule has 1 N–H and O–H groups in total. The van der Waals surface area contributed by atoms with E-state index in [1.165, 1.54) is 10.0 Å². The number of hydrogen-bond acceptors (Lipinski definition) is 1. The van der Waals surface area contributed by atoms with Crippen molar-refractivity contribution in [3.8, 4) is 0 Å². The maximum Gasteiger partial charge on any atom is 0 e. The predicted molar refractivity (Wildman–Crippen MR) is 37.3 cm³/mol. The van der Waals surface area contributed by atoms with Crippen LogP contribution in [0.25, 0.3) is 0 Å². The second-order valence-corrected chi connectivity index (χ2v) is 13.1. The summed E-state index contributed by atoms with van der Waals surface area (Å²) in [5.41, 5.74) is 0. The molecule has 0 aromatic carbocycles. The van der Waals surface area contributed by atoms with E-state index in [4.69, 9.17) is 0 Å². The van der Waals surface area contributed by atoms with Gasteiger partial charge >= 0.3 is 63.0 Å².